The van der Waals surface area contributed by atoms with Gasteiger partial charge in [-0.25, -0.2) is 0 Å². The molecule has 9 aromatic carbocycles. The molecular formula is C55H32N2. The Morgan fingerprint density at radius 2 is 0.912 bits per heavy atom. The Kier molecular flexibility index (Phi) is 6.13. The molecule has 3 aliphatic rings. The maximum absolute atomic E-state index is 4.75. The molecular weight excluding hydrogens is 689 g/mol. The van der Waals surface area contributed by atoms with E-state index in [1.54, 1.807) is 12.4 Å². The molecule has 1 heterocycles. The molecule has 0 N–H and O–H groups in total. The quantitative estimate of drug-likeness (QED) is 0.182. The highest BCUT2D eigenvalue weighted by molar-refractivity contribution is 6.24. The molecule has 13 rings (SSSR count). The van der Waals surface area contributed by atoms with Crippen LogP contribution in [-0.4, -0.2) is 9.97 Å². The molecule has 2 heteroatoms. The lowest BCUT2D eigenvalue weighted by Gasteiger charge is -2.31. The van der Waals surface area contributed by atoms with Crippen molar-refractivity contribution < 1.29 is 0 Å². The fourth-order valence-electron chi connectivity index (χ4n) is 10.8. The molecule has 0 atom stereocenters. The first-order valence-corrected chi connectivity index (χ1v) is 19.7. The van der Waals surface area contributed by atoms with Gasteiger partial charge in [-0.2, -0.15) is 0 Å². The van der Waals surface area contributed by atoms with Crippen molar-refractivity contribution in [2.75, 3.05) is 0 Å². The molecule has 0 aliphatic heterocycles. The van der Waals surface area contributed by atoms with Crippen molar-refractivity contribution in [3.8, 4) is 77.9 Å². The number of para-hydroxylation sites is 1. The van der Waals surface area contributed by atoms with E-state index in [1.165, 1.54) is 99.8 Å². The molecule has 0 saturated carbocycles. The highest BCUT2D eigenvalue weighted by Crippen LogP contribution is 2.67. The summed E-state index contributed by atoms with van der Waals surface area (Å²) in [5.74, 6) is 0. The molecule has 262 valence electrons. The summed E-state index contributed by atoms with van der Waals surface area (Å²) in [5.41, 5.74) is 24.5. The van der Waals surface area contributed by atoms with Gasteiger partial charge in [-0.3, -0.25) is 9.97 Å². The predicted molar refractivity (Wildman–Crippen MR) is 234 cm³/mol. The van der Waals surface area contributed by atoms with Gasteiger partial charge in [0.2, 0.25) is 0 Å². The number of aromatic nitrogens is 2. The zero-order valence-corrected chi connectivity index (χ0v) is 30.9. The summed E-state index contributed by atoms with van der Waals surface area (Å²) in [6.45, 7) is 0. The highest BCUT2D eigenvalue weighted by Gasteiger charge is 2.53. The van der Waals surface area contributed by atoms with Gasteiger partial charge in [-0.05, 0) is 117 Å². The van der Waals surface area contributed by atoms with E-state index in [4.69, 9.17) is 4.98 Å². The summed E-state index contributed by atoms with van der Waals surface area (Å²) in [7, 11) is 0. The van der Waals surface area contributed by atoms with E-state index in [-0.39, 0.29) is 0 Å². The Morgan fingerprint density at radius 3 is 1.68 bits per heavy atom. The molecule has 0 bridgehead atoms. The second-order valence-electron chi connectivity index (χ2n) is 15.5. The third-order valence-electron chi connectivity index (χ3n) is 12.9. The van der Waals surface area contributed by atoms with Crippen LogP contribution in [0.4, 0.5) is 0 Å². The zero-order chi connectivity index (χ0) is 37.2. The number of nitrogens with zero attached hydrogens (tertiary/aromatic N) is 2. The Morgan fingerprint density at radius 1 is 0.316 bits per heavy atom. The number of benzene rings is 9. The van der Waals surface area contributed by atoms with Gasteiger partial charge < -0.3 is 0 Å². The van der Waals surface area contributed by atoms with Crippen molar-refractivity contribution in [3.63, 3.8) is 0 Å². The molecule has 57 heavy (non-hydrogen) atoms. The average molecular weight is 721 g/mol. The molecule has 0 saturated heterocycles. The van der Waals surface area contributed by atoms with Gasteiger partial charge in [0.25, 0.3) is 0 Å². The first-order valence-electron chi connectivity index (χ1n) is 19.7. The van der Waals surface area contributed by atoms with Crippen LogP contribution in [-0.2, 0) is 5.41 Å². The summed E-state index contributed by atoms with van der Waals surface area (Å²) in [6.07, 6.45) is 3.55. The van der Waals surface area contributed by atoms with Gasteiger partial charge in [0.05, 0.1) is 16.4 Å². The normalized spacial score (nSPS) is 13.4. The molecule has 10 aromatic rings. The van der Waals surface area contributed by atoms with Crippen molar-refractivity contribution in [3.05, 3.63) is 217 Å². The lowest BCUT2D eigenvalue weighted by Crippen LogP contribution is -2.26. The van der Waals surface area contributed by atoms with Crippen LogP contribution in [0.1, 0.15) is 22.3 Å². The van der Waals surface area contributed by atoms with Crippen molar-refractivity contribution in [2.24, 2.45) is 0 Å². The minimum Gasteiger partial charge on any atom is -0.253 e. The van der Waals surface area contributed by atoms with E-state index in [1.807, 2.05) is 6.07 Å². The van der Waals surface area contributed by atoms with E-state index in [2.05, 4.69) is 181 Å². The second kappa shape index (κ2) is 11.3. The van der Waals surface area contributed by atoms with Gasteiger partial charge in [-0.1, -0.05) is 170 Å². The number of fused-ring (bicyclic) bond motifs is 14. The molecule has 3 aliphatic carbocycles. The van der Waals surface area contributed by atoms with Crippen LogP contribution in [0.15, 0.2) is 194 Å². The van der Waals surface area contributed by atoms with Crippen LogP contribution in [0.3, 0.4) is 0 Å². The molecule has 0 fully saturated rings. The van der Waals surface area contributed by atoms with Gasteiger partial charge in [0.1, 0.15) is 0 Å². The van der Waals surface area contributed by atoms with Crippen LogP contribution < -0.4 is 0 Å². The van der Waals surface area contributed by atoms with E-state index in [9.17, 15) is 0 Å². The maximum atomic E-state index is 4.75. The van der Waals surface area contributed by atoms with Gasteiger partial charge >= 0.3 is 0 Å². The number of rotatable bonds is 3. The van der Waals surface area contributed by atoms with Crippen LogP contribution in [0, 0.1) is 0 Å². The smallest absolute Gasteiger partial charge is 0.0965 e. The van der Waals surface area contributed by atoms with Crippen LogP contribution in [0.25, 0.3) is 99.7 Å². The van der Waals surface area contributed by atoms with E-state index >= 15 is 0 Å². The summed E-state index contributed by atoms with van der Waals surface area (Å²) in [4.78, 5) is 9.35. The Hall–Kier alpha value is -7.42. The molecule has 0 radical (unpaired) electrons. The molecule has 1 spiro atoms. The fourth-order valence-corrected chi connectivity index (χ4v) is 10.8. The lowest BCUT2D eigenvalue weighted by atomic mass is 9.69. The summed E-state index contributed by atoms with van der Waals surface area (Å²) >= 11 is 0. The Labute approximate surface area is 330 Å². The van der Waals surface area contributed by atoms with Gasteiger partial charge in [0.15, 0.2) is 0 Å². The molecule has 0 unspecified atom stereocenters. The molecule has 1 aromatic heterocycles. The minimum absolute atomic E-state index is 0.472. The lowest BCUT2D eigenvalue weighted by molar-refractivity contribution is 0.794. The second-order valence-corrected chi connectivity index (χ2v) is 15.5. The fraction of sp³-hybridized carbons (Fsp3) is 0.0182. The number of hydrogen-bond donors (Lipinski definition) is 0. The monoisotopic (exact) mass is 720 g/mol. The SMILES string of the molecule is c1ccc(-c2ccc3cccc4c3c2-c2cc3c(c(-c5ccc(-c6cccc7nccnc67)cc5)c2-4)-c2ccccc2C32c3ccccc3-c3ccccc32)cc1. The highest BCUT2D eigenvalue weighted by atomic mass is 14.8. The van der Waals surface area contributed by atoms with Crippen molar-refractivity contribution in [1.82, 2.24) is 9.97 Å². The minimum atomic E-state index is -0.472. The van der Waals surface area contributed by atoms with Gasteiger partial charge in [0, 0.05) is 18.0 Å². The summed E-state index contributed by atoms with van der Waals surface area (Å²) < 4.78 is 0. The van der Waals surface area contributed by atoms with Crippen LogP contribution >= 0.6 is 0 Å². The van der Waals surface area contributed by atoms with Crippen molar-refractivity contribution >= 4 is 21.8 Å². The largest absolute Gasteiger partial charge is 0.253 e. The first-order chi connectivity index (χ1) is 28.3. The standard InChI is InChI=1S/C55H32N2/c1-2-12-33(13-3-1)37-29-28-35-14-10-19-42-49(35)51(37)43-32-47-53(50(52(42)43)36-26-24-34(25-27-36)38-18-11-23-48-54(38)57-31-30-56-48)41-17-6-9-22-46(41)55(47)44-20-7-4-15-39(44)40-16-5-8-21-45(40)55/h1-32H. The zero-order valence-electron chi connectivity index (χ0n) is 30.9. The first kappa shape index (κ1) is 30.9. The van der Waals surface area contributed by atoms with Crippen molar-refractivity contribution in [1.29, 1.82) is 0 Å². The maximum Gasteiger partial charge on any atom is 0.0965 e. The Bertz CT molecular complexity index is 3290. The summed E-state index contributed by atoms with van der Waals surface area (Å²) in [6, 6.07) is 68.0. The average Bonchev–Trinajstić information content (AvgIpc) is 3.89. The Balaban J connectivity index is 1.18. The van der Waals surface area contributed by atoms with E-state index in [0.717, 1.165) is 22.2 Å². The summed E-state index contributed by atoms with van der Waals surface area (Å²) in [5, 5.41) is 2.60. The van der Waals surface area contributed by atoms with Crippen LogP contribution in [0.5, 0.6) is 0 Å². The molecule has 2 nitrogen and oxygen atoms in total. The third-order valence-corrected chi connectivity index (χ3v) is 12.9. The topological polar surface area (TPSA) is 25.8 Å². The van der Waals surface area contributed by atoms with E-state index in [0.29, 0.717) is 0 Å². The molecule has 0 amide bonds. The third kappa shape index (κ3) is 3.94. The predicted octanol–water partition coefficient (Wildman–Crippen LogP) is 13.8. The van der Waals surface area contributed by atoms with Gasteiger partial charge in [-0.15, -0.1) is 0 Å². The number of hydrogen-bond acceptors (Lipinski definition) is 2. The van der Waals surface area contributed by atoms with Crippen molar-refractivity contribution in [2.45, 2.75) is 5.41 Å². The van der Waals surface area contributed by atoms with Crippen LogP contribution in [0.2, 0.25) is 0 Å². The van der Waals surface area contributed by atoms with E-state index < -0.39 is 5.41 Å².